The van der Waals surface area contributed by atoms with Crippen molar-refractivity contribution in [3.05, 3.63) is 58.1 Å². The smallest absolute Gasteiger partial charge is 0.263 e. The van der Waals surface area contributed by atoms with E-state index in [1.807, 2.05) is 6.92 Å². The number of carbonyl (C=O) groups is 3. The average molecular weight is 432 g/mol. The number of fused-ring (bicyclic) bond motifs is 1. The normalized spacial score (nSPS) is 20.4. The van der Waals surface area contributed by atoms with Gasteiger partial charge in [0.2, 0.25) is 5.91 Å². The number of nitrogens with one attached hydrogen (secondary N) is 1. The van der Waals surface area contributed by atoms with Gasteiger partial charge < -0.3 is 5.32 Å². The molecule has 2 aromatic carbocycles. The molecule has 0 aliphatic carbocycles. The summed E-state index contributed by atoms with van der Waals surface area (Å²) in [4.78, 5) is 39.1. The maximum Gasteiger partial charge on any atom is 0.263 e. The zero-order valence-corrected chi connectivity index (χ0v) is 16.7. The van der Waals surface area contributed by atoms with Crippen LogP contribution >= 0.6 is 23.2 Å². The molecule has 2 heterocycles. The van der Waals surface area contributed by atoms with E-state index in [0.717, 1.165) is 10.5 Å². The molecule has 2 aliphatic heterocycles. The largest absolute Gasteiger partial charge is 0.324 e. The minimum absolute atomic E-state index is 0.237. The molecule has 0 saturated carbocycles. The van der Waals surface area contributed by atoms with E-state index in [2.05, 4.69) is 15.7 Å². The fourth-order valence-electron chi connectivity index (χ4n) is 3.29. The van der Waals surface area contributed by atoms with Gasteiger partial charge in [-0.2, -0.15) is 5.11 Å². The molecule has 29 heavy (non-hydrogen) atoms. The number of benzene rings is 2. The molecule has 0 radical (unpaired) electrons. The van der Waals surface area contributed by atoms with Gasteiger partial charge in [-0.15, -0.1) is 0 Å². The van der Waals surface area contributed by atoms with Crippen molar-refractivity contribution in [3.8, 4) is 0 Å². The van der Waals surface area contributed by atoms with Crippen LogP contribution in [0.4, 0.5) is 11.4 Å². The predicted molar refractivity (Wildman–Crippen MR) is 108 cm³/mol. The Kier molecular flexibility index (Phi) is 4.97. The molecule has 0 unspecified atom stereocenters. The van der Waals surface area contributed by atoms with Crippen LogP contribution in [0.25, 0.3) is 0 Å². The van der Waals surface area contributed by atoms with Gasteiger partial charge in [0, 0.05) is 15.7 Å². The first-order valence-corrected chi connectivity index (χ1v) is 9.47. The minimum atomic E-state index is -0.984. The Bertz CT molecular complexity index is 1060. The second-order valence-corrected chi connectivity index (χ2v) is 7.56. The van der Waals surface area contributed by atoms with Crippen LogP contribution in [-0.2, 0) is 14.4 Å². The summed E-state index contributed by atoms with van der Waals surface area (Å²) in [6, 6.07) is 9.61. The van der Waals surface area contributed by atoms with E-state index in [9.17, 15) is 14.4 Å². The van der Waals surface area contributed by atoms with Crippen LogP contribution in [0, 0.1) is 6.92 Å². The summed E-state index contributed by atoms with van der Waals surface area (Å²) < 4.78 is 0. The van der Waals surface area contributed by atoms with Gasteiger partial charge in [-0.05, 0) is 42.8 Å². The molecule has 0 bridgehead atoms. The molecule has 1 saturated heterocycles. The van der Waals surface area contributed by atoms with Crippen molar-refractivity contribution in [2.24, 2.45) is 10.3 Å². The highest BCUT2D eigenvalue weighted by Gasteiger charge is 2.55. The number of amides is 3. The molecule has 2 aromatic rings. The number of hydrogen-bond donors (Lipinski definition) is 1. The Balaban J connectivity index is 1.50. The van der Waals surface area contributed by atoms with Gasteiger partial charge in [-0.25, -0.2) is 4.90 Å². The summed E-state index contributed by atoms with van der Waals surface area (Å²) in [6.07, 6.45) is 0. The van der Waals surface area contributed by atoms with Crippen LogP contribution in [0.5, 0.6) is 0 Å². The lowest BCUT2D eigenvalue weighted by atomic mass is 10.1. The van der Waals surface area contributed by atoms with Crippen molar-refractivity contribution < 1.29 is 14.4 Å². The van der Waals surface area contributed by atoms with Crippen LogP contribution in [0.2, 0.25) is 10.0 Å². The van der Waals surface area contributed by atoms with Crippen molar-refractivity contribution >= 4 is 52.3 Å². The van der Waals surface area contributed by atoms with Crippen molar-refractivity contribution in [3.63, 3.8) is 0 Å². The van der Waals surface area contributed by atoms with E-state index in [-0.39, 0.29) is 6.54 Å². The zero-order chi connectivity index (χ0) is 20.7. The molecule has 148 valence electrons. The monoisotopic (exact) mass is 431 g/mol. The third kappa shape index (κ3) is 3.56. The van der Waals surface area contributed by atoms with Gasteiger partial charge >= 0.3 is 0 Å². The second kappa shape index (κ2) is 7.46. The Morgan fingerprint density at radius 2 is 1.86 bits per heavy atom. The quantitative estimate of drug-likeness (QED) is 0.751. The number of halogens is 2. The summed E-state index contributed by atoms with van der Waals surface area (Å²) >= 11 is 11.9. The van der Waals surface area contributed by atoms with E-state index >= 15 is 0 Å². The van der Waals surface area contributed by atoms with E-state index in [4.69, 9.17) is 23.2 Å². The molecule has 0 spiro atoms. The predicted octanol–water partition coefficient (Wildman–Crippen LogP) is 3.23. The zero-order valence-electron chi connectivity index (χ0n) is 15.2. The van der Waals surface area contributed by atoms with Crippen molar-refractivity contribution in [1.29, 1.82) is 0 Å². The molecule has 3 amide bonds. The van der Waals surface area contributed by atoms with Gasteiger partial charge in [0.15, 0.2) is 12.1 Å². The maximum absolute atomic E-state index is 12.9. The third-order valence-electron chi connectivity index (χ3n) is 4.70. The van der Waals surface area contributed by atoms with Crippen LogP contribution in [0.15, 0.2) is 52.8 Å². The van der Waals surface area contributed by atoms with E-state index in [1.54, 1.807) is 36.4 Å². The Labute approximate surface area is 176 Å². The average Bonchev–Trinajstić information content (AvgIpc) is 3.18. The number of hydrogen-bond acceptors (Lipinski definition) is 6. The Hall–Kier alpha value is -2.97. The number of aryl methyl sites for hydroxylation is 1. The van der Waals surface area contributed by atoms with Crippen molar-refractivity contribution in [2.45, 2.75) is 19.0 Å². The second-order valence-electron chi connectivity index (χ2n) is 6.69. The summed E-state index contributed by atoms with van der Waals surface area (Å²) in [5.41, 5.74) is 1.75. The molecular formula is C19H15Cl2N5O3. The Morgan fingerprint density at radius 1 is 1.10 bits per heavy atom. The molecule has 1 fully saturated rings. The molecule has 2 atom stereocenters. The molecule has 1 N–H and O–H groups in total. The third-order valence-corrected chi connectivity index (χ3v) is 5.17. The van der Waals surface area contributed by atoms with E-state index < -0.39 is 29.8 Å². The standard InChI is InChI=1S/C19H15Cl2N5O3/c1-10-5-6-12(21)8-14(10)22-15(27)9-25-17-16(23-24-25)18(28)26(19(17)29)13-4-2-3-11(20)7-13/h2-8,16-17H,9H2,1H3,(H,22,27)/t16-,17+/m0/s1. The molecule has 2 aliphatic rings. The first-order chi connectivity index (χ1) is 13.8. The van der Waals surface area contributed by atoms with Crippen LogP contribution in [-0.4, -0.2) is 41.4 Å². The van der Waals surface area contributed by atoms with Crippen molar-refractivity contribution in [1.82, 2.24) is 5.01 Å². The summed E-state index contributed by atoms with van der Waals surface area (Å²) in [5.74, 6) is -1.41. The molecule has 4 rings (SSSR count). The van der Waals surface area contributed by atoms with Gasteiger partial charge in [0.1, 0.15) is 6.54 Å². The first-order valence-electron chi connectivity index (χ1n) is 8.72. The lowest BCUT2D eigenvalue weighted by molar-refractivity contribution is -0.123. The number of nitrogens with zero attached hydrogens (tertiary/aromatic N) is 4. The number of carbonyl (C=O) groups excluding carboxylic acids is 3. The molecule has 10 heteroatoms. The van der Waals surface area contributed by atoms with Gasteiger partial charge in [0.05, 0.1) is 5.69 Å². The van der Waals surface area contributed by atoms with Crippen LogP contribution in [0.1, 0.15) is 5.56 Å². The van der Waals surface area contributed by atoms with Gasteiger partial charge in [-0.1, -0.05) is 40.6 Å². The number of anilines is 2. The lowest BCUT2D eigenvalue weighted by Crippen LogP contribution is -2.43. The highest BCUT2D eigenvalue weighted by atomic mass is 35.5. The fraction of sp³-hybridized carbons (Fsp3) is 0.211. The highest BCUT2D eigenvalue weighted by Crippen LogP contribution is 2.32. The lowest BCUT2D eigenvalue weighted by Gasteiger charge is -2.20. The van der Waals surface area contributed by atoms with E-state index in [0.29, 0.717) is 21.4 Å². The Morgan fingerprint density at radius 3 is 2.62 bits per heavy atom. The maximum atomic E-state index is 12.9. The summed E-state index contributed by atoms with van der Waals surface area (Å²) in [7, 11) is 0. The topological polar surface area (TPSA) is 94.4 Å². The SMILES string of the molecule is Cc1ccc(Cl)cc1NC(=O)CN1N=N[C@@H]2C(=O)N(c3cccc(Cl)c3)C(=O)[C@@H]21. The molecular weight excluding hydrogens is 417 g/mol. The van der Waals surface area contributed by atoms with Gasteiger partial charge in [0.25, 0.3) is 11.8 Å². The summed E-state index contributed by atoms with van der Waals surface area (Å²) in [5, 5.41) is 12.6. The molecule has 0 aromatic heterocycles. The number of imide groups is 1. The van der Waals surface area contributed by atoms with Crippen LogP contribution in [0.3, 0.4) is 0 Å². The highest BCUT2D eigenvalue weighted by molar-refractivity contribution is 6.32. The van der Waals surface area contributed by atoms with Crippen molar-refractivity contribution in [2.75, 3.05) is 16.8 Å². The molecule has 8 nitrogen and oxygen atoms in total. The summed E-state index contributed by atoms with van der Waals surface area (Å²) in [6.45, 7) is 1.60. The van der Waals surface area contributed by atoms with E-state index in [1.165, 1.54) is 11.1 Å². The number of rotatable bonds is 4. The minimum Gasteiger partial charge on any atom is -0.324 e. The van der Waals surface area contributed by atoms with Crippen LogP contribution < -0.4 is 10.2 Å². The fourth-order valence-corrected chi connectivity index (χ4v) is 3.65. The first kappa shape index (κ1) is 19.4. The van der Waals surface area contributed by atoms with Gasteiger partial charge in [-0.3, -0.25) is 19.4 Å².